The molecule has 3 N–H and O–H groups in total. The molecule has 1 saturated heterocycles. The van der Waals surface area contributed by atoms with E-state index in [4.69, 9.17) is 17.3 Å². The Bertz CT molecular complexity index is 1620. The molecule has 0 aliphatic carbocycles. The van der Waals surface area contributed by atoms with Gasteiger partial charge in [0.1, 0.15) is 18.0 Å². The number of aromatic amines is 1. The van der Waals surface area contributed by atoms with Crippen LogP contribution in [0.5, 0.6) is 0 Å². The van der Waals surface area contributed by atoms with Gasteiger partial charge in [-0.2, -0.15) is 4.68 Å². The maximum atomic E-state index is 15.3. The van der Waals surface area contributed by atoms with Crippen LogP contribution >= 0.6 is 11.6 Å². The Morgan fingerprint density at radius 3 is 2.79 bits per heavy atom. The van der Waals surface area contributed by atoms with Crippen LogP contribution in [0.4, 0.5) is 8.78 Å². The average molecular weight is 537 g/mol. The predicted molar refractivity (Wildman–Crippen MR) is 132 cm³/mol. The number of halogens is 3. The number of carbonyl (C=O) groups is 2. The molecule has 0 spiro atoms. The van der Waals surface area contributed by atoms with Crippen molar-refractivity contribution in [2.24, 2.45) is 5.73 Å². The second-order valence-electron chi connectivity index (χ2n) is 9.12. The molecule has 0 radical (unpaired) electrons. The number of fused-ring (bicyclic) bond motifs is 1. The van der Waals surface area contributed by atoms with Crippen LogP contribution in [0.25, 0.3) is 22.5 Å². The molecule has 4 heterocycles. The number of H-pyrrole nitrogens is 1. The summed E-state index contributed by atoms with van der Waals surface area (Å²) in [5.74, 6) is -1.95. The Balaban J connectivity index is 1.31. The normalized spacial score (nSPS) is 19.0. The molecule has 2 aromatic carbocycles. The number of primary amides is 1. The standard InChI is InChI=1S/C25H19ClF2N8O2/c26-16-3-6-19(35-11-31-33-34-35)22(23(16)28)13-7-14-2-5-20(36(14)21(37)9-13)25-30-10-18(32-25)12-1-4-17(27)15(8-12)24(29)38/h1,3-4,6,8-11,14,20H,2,5,7H2,(H2,29,38)(H,30,32)/t14-,20+/m1/s1. The first-order valence-corrected chi connectivity index (χ1v) is 12.1. The van der Waals surface area contributed by atoms with Crippen LogP contribution in [0.15, 0.2) is 48.9 Å². The highest BCUT2D eigenvalue weighted by atomic mass is 35.5. The molecule has 13 heteroatoms. The van der Waals surface area contributed by atoms with Crippen molar-refractivity contribution < 1.29 is 18.4 Å². The van der Waals surface area contributed by atoms with Crippen molar-refractivity contribution in [3.8, 4) is 16.9 Å². The van der Waals surface area contributed by atoms with Gasteiger partial charge in [0.15, 0.2) is 5.82 Å². The third kappa shape index (κ3) is 3.93. The second kappa shape index (κ2) is 9.14. The summed E-state index contributed by atoms with van der Waals surface area (Å²) >= 11 is 6.09. The summed E-state index contributed by atoms with van der Waals surface area (Å²) in [5, 5.41) is 11.0. The highest BCUT2D eigenvalue weighted by molar-refractivity contribution is 6.31. The monoisotopic (exact) mass is 536 g/mol. The zero-order valence-electron chi connectivity index (χ0n) is 19.6. The lowest BCUT2D eigenvalue weighted by atomic mass is 9.92. The number of benzene rings is 2. The summed E-state index contributed by atoms with van der Waals surface area (Å²) in [7, 11) is 0. The number of nitrogens with zero attached hydrogens (tertiary/aromatic N) is 6. The third-order valence-electron chi connectivity index (χ3n) is 6.95. The number of tetrazole rings is 1. The van der Waals surface area contributed by atoms with Crippen molar-refractivity contribution in [2.75, 3.05) is 0 Å². The number of rotatable bonds is 5. The molecule has 1 fully saturated rings. The van der Waals surface area contributed by atoms with Gasteiger partial charge in [-0.1, -0.05) is 11.6 Å². The van der Waals surface area contributed by atoms with E-state index in [9.17, 15) is 14.0 Å². The fraction of sp³-hybridized carbons (Fsp3) is 0.200. The highest BCUT2D eigenvalue weighted by Crippen LogP contribution is 2.44. The number of hydrogen-bond acceptors (Lipinski definition) is 6. The molecule has 2 atom stereocenters. The summed E-state index contributed by atoms with van der Waals surface area (Å²) in [4.78, 5) is 34.3. The SMILES string of the molecule is NC(=O)c1cc(-c2cnc([C@@H]3CC[C@@H]4CC(c5c(-n6cnnn6)ccc(Cl)c5F)=CC(=O)N43)[nH]2)ccc1F. The summed E-state index contributed by atoms with van der Waals surface area (Å²) in [6.45, 7) is 0. The van der Waals surface area contributed by atoms with Crippen molar-refractivity contribution in [2.45, 2.75) is 31.3 Å². The smallest absolute Gasteiger partial charge is 0.251 e. The molecule has 10 nitrogen and oxygen atoms in total. The van der Waals surface area contributed by atoms with Gasteiger partial charge in [0.25, 0.3) is 5.91 Å². The van der Waals surface area contributed by atoms with Gasteiger partial charge in [0.2, 0.25) is 5.91 Å². The summed E-state index contributed by atoms with van der Waals surface area (Å²) in [6, 6.07) is 6.54. The number of carbonyl (C=O) groups excluding carboxylic acids is 2. The third-order valence-corrected chi connectivity index (χ3v) is 7.25. The number of amides is 2. The summed E-state index contributed by atoms with van der Waals surface area (Å²) in [6.07, 6.45) is 6.04. The van der Waals surface area contributed by atoms with Gasteiger partial charge in [0, 0.05) is 23.2 Å². The Labute approximate surface area is 219 Å². The molecular formula is C25H19ClF2N8O2. The zero-order valence-corrected chi connectivity index (χ0v) is 20.4. The predicted octanol–water partition coefficient (Wildman–Crippen LogP) is 3.60. The first kappa shape index (κ1) is 23.9. The molecule has 0 unspecified atom stereocenters. The molecule has 2 aliphatic heterocycles. The summed E-state index contributed by atoms with van der Waals surface area (Å²) in [5.41, 5.74) is 7.20. The van der Waals surface area contributed by atoms with Gasteiger partial charge < -0.3 is 15.6 Å². The van der Waals surface area contributed by atoms with E-state index in [0.717, 1.165) is 0 Å². The van der Waals surface area contributed by atoms with Crippen LogP contribution in [-0.2, 0) is 4.79 Å². The fourth-order valence-corrected chi connectivity index (χ4v) is 5.40. The van der Waals surface area contributed by atoms with Gasteiger partial charge in [-0.3, -0.25) is 9.59 Å². The van der Waals surface area contributed by atoms with E-state index in [0.29, 0.717) is 47.6 Å². The van der Waals surface area contributed by atoms with Crippen molar-refractivity contribution in [3.05, 3.63) is 82.5 Å². The van der Waals surface area contributed by atoms with Gasteiger partial charge >= 0.3 is 0 Å². The van der Waals surface area contributed by atoms with Crippen LogP contribution in [0.2, 0.25) is 5.02 Å². The lowest BCUT2D eigenvalue weighted by molar-refractivity contribution is -0.129. The molecule has 4 aromatic rings. The Kier molecular flexibility index (Phi) is 5.75. The van der Waals surface area contributed by atoms with Crippen molar-refractivity contribution in [1.29, 1.82) is 0 Å². The lowest BCUT2D eigenvalue weighted by Gasteiger charge is -2.33. The Morgan fingerprint density at radius 1 is 1.18 bits per heavy atom. The van der Waals surface area contributed by atoms with Crippen molar-refractivity contribution >= 4 is 29.0 Å². The van der Waals surface area contributed by atoms with Gasteiger partial charge in [0.05, 0.1) is 34.2 Å². The minimum absolute atomic E-state index is 0.0692. The number of imidazole rings is 1. The minimum atomic E-state index is -0.872. The van der Waals surface area contributed by atoms with Gasteiger partial charge in [-0.25, -0.2) is 13.8 Å². The molecule has 6 rings (SSSR count). The quantitative estimate of drug-likeness (QED) is 0.400. The van der Waals surface area contributed by atoms with Crippen LogP contribution in [-0.4, -0.2) is 52.9 Å². The first-order valence-electron chi connectivity index (χ1n) is 11.7. The van der Waals surface area contributed by atoms with E-state index in [1.807, 2.05) is 0 Å². The molecule has 2 aliphatic rings. The van der Waals surface area contributed by atoms with Crippen LogP contribution in [0, 0.1) is 11.6 Å². The van der Waals surface area contributed by atoms with E-state index >= 15 is 4.39 Å². The Hall–Kier alpha value is -4.45. The highest BCUT2D eigenvalue weighted by Gasteiger charge is 2.42. The molecule has 2 aromatic heterocycles. The molecule has 0 saturated carbocycles. The second-order valence-corrected chi connectivity index (χ2v) is 9.52. The van der Waals surface area contributed by atoms with Crippen LogP contribution < -0.4 is 5.73 Å². The lowest BCUT2D eigenvalue weighted by Crippen LogP contribution is -2.39. The number of hydrogen-bond donors (Lipinski definition) is 2. The van der Waals surface area contributed by atoms with E-state index in [2.05, 4.69) is 25.5 Å². The minimum Gasteiger partial charge on any atom is -0.366 e. The maximum Gasteiger partial charge on any atom is 0.251 e. The Morgan fingerprint density at radius 2 is 2.03 bits per heavy atom. The number of aromatic nitrogens is 6. The topological polar surface area (TPSA) is 136 Å². The van der Waals surface area contributed by atoms with E-state index in [-0.39, 0.29) is 34.1 Å². The molecule has 2 amide bonds. The number of nitrogens with one attached hydrogen (secondary N) is 1. The van der Waals surface area contributed by atoms with Crippen molar-refractivity contribution in [1.82, 2.24) is 35.1 Å². The van der Waals surface area contributed by atoms with E-state index in [1.165, 1.54) is 41.4 Å². The van der Waals surface area contributed by atoms with Crippen molar-refractivity contribution in [3.63, 3.8) is 0 Å². The maximum absolute atomic E-state index is 15.3. The zero-order chi connectivity index (χ0) is 26.6. The molecule has 192 valence electrons. The molecular weight excluding hydrogens is 518 g/mol. The largest absolute Gasteiger partial charge is 0.366 e. The van der Waals surface area contributed by atoms with E-state index < -0.39 is 17.5 Å². The summed E-state index contributed by atoms with van der Waals surface area (Å²) < 4.78 is 30.5. The molecule has 0 bridgehead atoms. The fourth-order valence-electron chi connectivity index (χ4n) is 5.24. The van der Waals surface area contributed by atoms with Gasteiger partial charge in [-0.05, 0) is 65.6 Å². The van der Waals surface area contributed by atoms with Crippen LogP contribution in [0.1, 0.15) is 47.1 Å². The van der Waals surface area contributed by atoms with Gasteiger partial charge in [-0.15, -0.1) is 5.10 Å². The average Bonchev–Trinajstić information content (AvgIpc) is 3.66. The van der Waals surface area contributed by atoms with E-state index in [1.54, 1.807) is 17.2 Å². The number of nitrogens with two attached hydrogens (primary N) is 1. The first-order chi connectivity index (χ1) is 18.3. The molecule has 38 heavy (non-hydrogen) atoms. The van der Waals surface area contributed by atoms with Crippen LogP contribution in [0.3, 0.4) is 0 Å².